The fourth-order valence-corrected chi connectivity index (χ4v) is 2.05. The highest BCUT2D eigenvalue weighted by molar-refractivity contribution is 4.96. The van der Waals surface area contributed by atoms with Crippen LogP contribution in [-0.4, -0.2) is 11.2 Å². The molecule has 0 unspecified atom stereocenters. The molecule has 9 heavy (non-hydrogen) atoms. The van der Waals surface area contributed by atoms with Gasteiger partial charge in [0.05, 0.1) is 6.10 Å². The van der Waals surface area contributed by atoms with E-state index >= 15 is 0 Å². The van der Waals surface area contributed by atoms with Crippen LogP contribution in [0.25, 0.3) is 0 Å². The normalized spacial score (nSPS) is 39.0. The van der Waals surface area contributed by atoms with Gasteiger partial charge in [-0.05, 0) is 37.5 Å². The molecule has 1 heteroatoms. The lowest BCUT2D eigenvalue weighted by Crippen LogP contribution is -2.19. The molecule has 52 valence electrons. The van der Waals surface area contributed by atoms with Crippen molar-refractivity contribution >= 4 is 0 Å². The molecule has 0 aromatic rings. The Kier molecular flexibility index (Phi) is 1.10. The quantitative estimate of drug-likeness (QED) is 0.523. The monoisotopic (exact) mass is 126 g/mol. The highest BCUT2D eigenvalue weighted by Gasteiger charge is 2.45. The van der Waals surface area contributed by atoms with E-state index in [2.05, 4.69) is 0 Å². The number of rotatable bonds is 0. The molecular weight excluding hydrogens is 112 g/mol. The van der Waals surface area contributed by atoms with Crippen LogP contribution in [0.1, 0.15) is 38.5 Å². The fourth-order valence-electron chi connectivity index (χ4n) is 2.05. The van der Waals surface area contributed by atoms with E-state index in [0.717, 1.165) is 12.8 Å². The third-order valence-corrected chi connectivity index (χ3v) is 2.87. The summed E-state index contributed by atoms with van der Waals surface area (Å²) in [5.74, 6) is 0. The van der Waals surface area contributed by atoms with Crippen LogP contribution < -0.4 is 0 Å². The lowest BCUT2D eigenvalue weighted by atomic mass is 9.85. The zero-order chi connectivity index (χ0) is 6.32. The van der Waals surface area contributed by atoms with Gasteiger partial charge in [0.15, 0.2) is 0 Å². The van der Waals surface area contributed by atoms with Crippen molar-refractivity contribution in [2.75, 3.05) is 0 Å². The van der Waals surface area contributed by atoms with Crippen molar-refractivity contribution in [3.8, 4) is 0 Å². The molecule has 1 N–H and O–H groups in total. The third kappa shape index (κ3) is 0.983. The lowest BCUT2D eigenvalue weighted by molar-refractivity contribution is 0.0928. The first-order valence-electron chi connectivity index (χ1n) is 3.99. The zero-order valence-corrected chi connectivity index (χ0v) is 5.77. The molecule has 1 nitrogen and oxygen atoms in total. The molecule has 1 spiro atoms. The number of hydrogen-bond acceptors (Lipinski definition) is 1. The molecular formula is C8H14O. The van der Waals surface area contributed by atoms with Gasteiger partial charge in [-0.1, -0.05) is 6.42 Å². The van der Waals surface area contributed by atoms with Gasteiger partial charge in [0.1, 0.15) is 0 Å². The fraction of sp³-hybridized carbons (Fsp3) is 1.00. The van der Waals surface area contributed by atoms with Crippen LogP contribution in [0.15, 0.2) is 0 Å². The first-order valence-corrected chi connectivity index (χ1v) is 3.99. The van der Waals surface area contributed by atoms with Crippen LogP contribution in [0.3, 0.4) is 0 Å². The summed E-state index contributed by atoms with van der Waals surface area (Å²) in [5, 5.41) is 9.28. The molecule has 0 aromatic carbocycles. The van der Waals surface area contributed by atoms with Crippen molar-refractivity contribution in [1.82, 2.24) is 0 Å². The molecule has 2 fully saturated rings. The highest BCUT2D eigenvalue weighted by atomic mass is 16.3. The van der Waals surface area contributed by atoms with Gasteiger partial charge in [-0.25, -0.2) is 0 Å². The molecule has 1 atom stereocenters. The molecule has 2 aliphatic rings. The first-order chi connectivity index (χ1) is 4.31. The second kappa shape index (κ2) is 1.72. The number of hydrogen-bond donors (Lipinski definition) is 1. The maximum absolute atomic E-state index is 9.28. The van der Waals surface area contributed by atoms with Crippen molar-refractivity contribution in [2.45, 2.75) is 44.6 Å². The van der Waals surface area contributed by atoms with Crippen molar-refractivity contribution in [2.24, 2.45) is 5.41 Å². The predicted molar refractivity (Wildman–Crippen MR) is 36.1 cm³/mol. The van der Waals surface area contributed by atoms with E-state index in [-0.39, 0.29) is 6.10 Å². The van der Waals surface area contributed by atoms with Gasteiger partial charge in [0.25, 0.3) is 0 Å². The predicted octanol–water partition coefficient (Wildman–Crippen LogP) is 1.70. The Labute approximate surface area is 56.1 Å². The number of aliphatic hydroxyl groups is 1. The topological polar surface area (TPSA) is 20.2 Å². The summed E-state index contributed by atoms with van der Waals surface area (Å²) in [6.45, 7) is 0. The molecule has 0 amide bonds. The number of aliphatic hydroxyl groups excluding tert-OH is 1. The molecule has 0 radical (unpaired) electrons. The van der Waals surface area contributed by atoms with E-state index < -0.39 is 0 Å². The van der Waals surface area contributed by atoms with Gasteiger partial charge >= 0.3 is 0 Å². The SMILES string of the molecule is O[C@H]1CCCC2(CC2)C1. The summed E-state index contributed by atoms with van der Waals surface area (Å²) in [6, 6.07) is 0. The van der Waals surface area contributed by atoms with Gasteiger partial charge in [-0.2, -0.15) is 0 Å². The smallest absolute Gasteiger partial charge is 0.0545 e. The van der Waals surface area contributed by atoms with Crippen LogP contribution in [0.2, 0.25) is 0 Å². The Morgan fingerprint density at radius 3 is 2.44 bits per heavy atom. The Morgan fingerprint density at radius 2 is 2.00 bits per heavy atom. The van der Waals surface area contributed by atoms with Crippen molar-refractivity contribution in [3.63, 3.8) is 0 Å². The van der Waals surface area contributed by atoms with E-state index in [0.29, 0.717) is 5.41 Å². The standard InChI is InChI=1S/C8H14O/c9-7-2-1-3-8(6-7)4-5-8/h7,9H,1-6H2/t7-/m0/s1. The maximum atomic E-state index is 9.28. The van der Waals surface area contributed by atoms with Crippen LogP contribution >= 0.6 is 0 Å². The largest absolute Gasteiger partial charge is 0.393 e. The molecule has 2 rings (SSSR count). The van der Waals surface area contributed by atoms with Gasteiger partial charge in [-0.3, -0.25) is 0 Å². The average molecular weight is 126 g/mol. The summed E-state index contributed by atoms with van der Waals surface area (Å²) < 4.78 is 0. The van der Waals surface area contributed by atoms with E-state index in [1.807, 2.05) is 0 Å². The minimum Gasteiger partial charge on any atom is -0.393 e. The summed E-state index contributed by atoms with van der Waals surface area (Å²) in [7, 11) is 0. The maximum Gasteiger partial charge on any atom is 0.0545 e. The minimum atomic E-state index is 0.0428. The lowest BCUT2D eigenvalue weighted by Gasteiger charge is -2.24. The summed E-state index contributed by atoms with van der Waals surface area (Å²) >= 11 is 0. The molecule has 0 aromatic heterocycles. The summed E-state index contributed by atoms with van der Waals surface area (Å²) in [4.78, 5) is 0. The van der Waals surface area contributed by atoms with Gasteiger partial charge in [0, 0.05) is 0 Å². The minimum absolute atomic E-state index is 0.0428. The van der Waals surface area contributed by atoms with E-state index in [1.165, 1.54) is 25.7 Å². The highest BCUT2D eigenvalue weighted by Crippen LogP contribution is 2.55. The first kappa shape index (κ1) is 5.72. The van der Waals surface area contributed by atoms with E-state index in [4.69, 9.17) is 0 Å². The Bertz CT molecular complexity index is 116. The third-order valence-electron chi connectivity index (χ3n) is 2.87. The average Bonchev–Trinajstić information content (AvgIpc) is 2.49. The molecule has 0 heterocycles. The van der Waals surface area contributed by atoms with Gasteiger partial charge < -0.3 is 5.11 Å². The second-order valence-electron chi connectivity index (χ2n) is 3.75. The molecule has 0 aliphatic heterocycles. The molecule has 0 bridgehead atoms. The molecule has 0 saturated heterocycles. The second-order valence-corrected chi connectivity index (χ2v) is 3.75. The van der Waals surface area contributed by atoms with Crippen molar-refractivity contribution in [1.29, 1.82) is 0 Å². The summed E-state index contributed by atoms with van der Waals surface area (Å²) in [6.07, 6.45) is 7.65. The van der Waals surface area contributed by atoms with Crippen molar-refractivity contribution in [3.05, 3.63) is 0 Å². The van der Waals surface area contributed by atoms with E-state index in [9.17, 15) is 5.11 Å². The van der Waals surface area contributed by atoms with Crippen molar-refractivity contribution < 1.29 is 5.11 Å². The Morgan fingerprint density at radius 1 is 1.22 bits per heavy atom. The van der Waals surface area contributed by atoms with Crippen LogP contribution in [0.4, 0.5) is 0 Å². The molecule has 2 saturated carbocycles. The van der Waals surface area contributed by atoms with E-state index in [1.54, 1.807) is 0 Å². The van der Waals surface area contributed by atoms with Crippen LogP contribution in [0.5, 0.6) is 0 Å². The molecule has 2 aliphatic carbocycles. The Balaban J connectivity index is 1.96. The van der Waals surface area contributed by atoms with Crippen LogP contribution in [-0.2, 0) is 0 Å². The van der Waals surface area contributed by atoms with Gasteiger partial charge in [0.2, 0.25) is 0 Å². The van der Waals surface area contributed by atoms with Gasteiger partial charge in [-0.15, -0.1) is 0 Å². The zero-order valence-electron chi connectivity index (χ0n) is 5.77. The summed E-state index contributed by atoms with van der Waals surface area (Å²) in [5.41, 5.74) is 0.650. The Hall–Kier alpha value is -0.0400. The van der Waals surface area contributed by atoms with Crippen LogP contribution in [0, 0.1) is 5.41 Å².